The molecular formula is C6H13N3O4S. The molecule has 0 aromatic rings. The monoisotopic (exact) mass is 223 g/mol. The minimum Gasteiger partial charge on any atom is -0.480 e. The van der Waals surface area contributed by atoms with Crippen molar-refractivity contribution in [1.82, 2.24) is 9.21 Å². The smallest absolute Gasteiger partial charge is 0.317 e. The third-order valence-corrected chi connectivity index (χ3v) is 3.13. The molecule has 0 amide bonds. The second-order valence-electron chi connectivity index (χ2n) is 3.11. The normalized spacial score (nSPS) is 20.9. The third-order valence-electron chi connectivity index (χ3n) is 2.05. The predicted octanol–water partition coefficient (Wildman–Crippen LogP) is -2.11. The third kappa shape index (κ3) is 3.22. The number of hydrogen-bond donors (Lipinski definition) is 2. The van der Waals surface area contributed by atoms with Crippen LogP contribution in [0.25, 0.3) is 0 Å². The van der Waals surface area contributed by atoms with E-state index in [0.29, 0.717) is 13.1 Å². The lowest BCUT2D eigenvalue weighted by Gasteiger charge is -2.31. The Labute approximate surface area is 82.3 Å². The molecule has 0 aromatic heterocycles. The molecule has 1 fully saturated rings. The highest BCUT2D eigenvalue weighted by Crippen LogP contribution is 2.03. The summed E-state index contributed by atoms with van der Waals surface area (Å²) in [6.07, 6.45) is 0. The van der Waals surface area contributed by atoms with Crippen molar-refractivity contribution in [1.29, 1.82) is 0 Å². The van der Waals surface area contributed by atoms with Gasteiger partial charge in [-0.3, -0.25) is 9.69 Å². The Morgan fingerprint density at radius 1 is 1.29 bits per heavy atom. The van der Waals surface area contributed by atoms with Gasteiger partial charge >= 0.3 is 5.97 Å². The number of piperazine rings is 1. The van der Waals surface area contributed by atoms with Gasteiger partial charge in [-0.2, -0.15) is 12.7 Å². The van der Waals surface area contributed by atoms with Gasteiger partial charge in [-0.15, -0.1) is 0 Å². The Balaban J connectivity index is 2.43. The zero-order valence-corrected chi connectivity index (χ0v) is 8.40. The minimum absolute atomic E-state index is 0.0571. The predicted molar refractivity (Wildman–Crippen MR) is 48.8 cm³/mol. The SMILES string of the molecule is NS(=O)(=O)N1CCN(CC(=O)O)CC1. The zero-order chi connectivity index (χ0) is 10.8. The lowest BCUT2D eigenvalue weighted by atomic mass is 10.3. The summed E-state index contributed by atoms with van der Waals surface area (Å²) in [6, 6.07) is 0. The van der Waals surface area contributed by atoms with Crippen LogP contribution in [-0.4, -0.2) is 61.4 Å². The highest BCUT2D eigenvalue weighted by molar-refractivity contribution is 7.86. The minimum atomic E-state index is -3.62. The van der Waals surface area contributed by atoms with E-state index in [9.17, 15) is 13.2 Å². The van der Waals surface area contributed by atoms with Gasteiger partial charge in [0.2, 0.25) is 0 Å². The first-order valence-corrected chi connectivity index (χ1v) is 5.62. The van der Waals surface area contributed by atoms with Crippen molar-refractivity contribution in [2.24, 2.45) is 5.14 Å². The van der Waals surface area contributed by atoms with Crippen molar-refractivity contribution in [2.45, 2.75) is 0 Å². The van der Waals surface area contributed by atoms with Crippen LogP contribution in [0.2, 0.25) is 0 Å². The van der Waals surface area contributed by atoms with Crippen molar-refractivity contribution < 1.29 is 18.3 Å². The maximum atomic E-state index is 10.9. The zero-order valence-electron chi connectivity index (χ0n) is 7.59. The molecule has 0 bridgehead atoms. The number of carboxylic acids is 1. The Hall–Kier alpha value is -0.700. The quantitative estimate of drug-likeness (QED) is 0.570. The Morgan fingerprint density at radius 3 is 2.14 bits per heavy atom. The average molecular weight is 223 g/mol. The Bertz CT molecular complexity index is 307. The molecule has 1 aliphatic rings. The summed E-state index contributed by atoms with van der Waals surface area (Å²) >= 11 is 0. The van der Waals surface area contributed by atoms with Gasteiger partial charge in [-0.05, 0) is 0 Å². The highest BCUT2D eigenvalue weighted by atomic mass is 32.2. The van der Waals surface area contributed by atoms with Crippen LogP contribution in [-0.2, 0) is 15.0 Å². The van der Waals surface area contributed by atoms with Gasteiger partial charge in [-0.25, -0.2) is 5.14 Å². The summed E-state index contributed by atoms with van der Waals surface area (Å²) in [7, 11) is -3.62. The van der Waals surface area contributed by atoms with E-state index in [-0.39, 0.29) is 19.6 Å². The first kappa shape index (κ1) is 11.4. The molecule has 1 rings (SSSR count). The van der Waals surface area contributed by atoms with E-state index in [0.717, 1.165) is 4.31 Å². The van der Waals surface area contributed by atoms with Crippen LogP contribution in [0.3, 0.4) is 0 Å². The van der Waals surface area contributed by atoms with E-state index in [1.165, 1.54) is 0 Å². The summed E-state index contributed by atoms with van der Waals surface area (Å²) in [5, 5.41) is 13.4. The van der Waals surface area contributed by atoms with E-state index < -0.39 is 16.2 Å². The molecule has 3 N–H and O–H groups in total. The molecule has 1 heterocycles. The van der Waals surface area contributed by atoms with E-state index in [4.69, 9.17) is 10.2 Å². The fourth-order valence-corrected chi connectivity index (χ4v) is 2.01. The van der Waals surface area contributed by atoms with Gasteiger partial charge in [0, 0.05) is 26.2 Å². The molecule has 0 atom stereocenters. The summed E-state index contributed by atoms with van der Waals surface area (Å²) in [5.74, 6) is -0.908. The lowest BCUT2D eigenvalue weighted by Crippen LogP contribution is -2.51. The topological polar surface area (TPSA) is 104 Å². The molecule has 0 unspecified atom stereocenters. The van der Waals surface area contributed by atoms with Crippen LogP contribution in [0, 0.1) is 0 Å². The molecule has 8 heteroatoms. The maximum absolute atomic E-state index is 10.9. The molecule has 1 aliphatic heterocycles. The molecular weight excluding hydrogens is 210 g/mol. The number of carbonyl (C=O) groups is 1. The second-order valence-corrected chi connectivity index (χ2v) is 4.66. The highest BCUT2D eigenvalue weighted by Gasteiger charge is 2.24. The molecule has 0 spiro atoms. The molecule has 14 heavy (non-hydrogen) atoms. The fraction of sp³-hybridized carbons (Fsp3) is 0.833. The Kier molecular flexibility index (Phi) is 3.43. The number of hydrogen-bond acceptors (Lipinski definition) is 4. The first-order valence-electron chi connectivity index (χ1n) is 4.11. The van der Waals surface area contributed by atoms with Crippen molar-refractivity contribution in [3.8, 4) is 0 Å². The standard InChI is InChI=1S/C6H13N3O4S/c7-14(12,13)9-3-1-8(2-4-9)5-6(10)11/h1-5H2,(H,10,11)(H2,7,12,13). The van der Waals surface area contributed by atoms with Crippen LogP contribution in [0.15, 0.2) is 0 Å². The molecule has 0 aromatic carbocycles. The van der Waals surface area contributed by atoms with Gasteiger partial charge < -0.3 is 5.11 Å². The van der Waals surface area contributed by atoms with Gasteiger partial charge in [0.05, 0.1) is 6.54 Å². The van der Waals surface area contributed by atoms with E-state index >= 15 is 0 Å². The molecule has 7 nitrogen and oxygen atoms in total. The van der Waals surface area contributed by atoms with E-state index in [2.05, 4.69) is 0 Å². The summed E-state index contributed by atoms with van der Waals surface area (Å²) in [4.78, 5) is 12.0. The summed E-state index contributed by atoms with van der Waals surface area (Å²) in [5.41, 5.74) is 0. The van der Waals surface area contributed by atoms with Crippen LogP contribution >= 0.6 is 0 Å². The van der Waals surface area contributed by atoms with E-state index in [1.54, 1.807) is 4.90 Å². The van der Waals surface area contributed by atoms with Crippen LogP contribution in [0.4, 0.5) is 0 Å². The van der Waals surface area contributed by atoms with Crippen LogP contribution in [0.1, 0.15) is 0 Å². The summed E-state index contributed by atoms with van der Waals surface area (Å²) in [6.45, 7) is 1.27. The van der Waals surface area contributed by atoms with Crippen molar-refractivity contribution in [2.75, 3.05) is 32.7 Å². The molecule has 82 valence electrons. The van der Waals surface area contributed by atoms with Crippen LogP contribution in [0.5, 0.6) is 0 Å². The van der Waals surface area contributed by atoms with E-state index in [1.807, 2.05) is 0 Å². The number of nitrogens with two attached hydrogens (primary N) is 1. The van der Waals surface area contributed by atoms with Crippen LogP contribution < -0.4 is 5.14 Å². The maximum Gasteiger partial charge on any atom is 0.317 e. The first-order chi connectivity index (χ1) is 6.39. The second kappa shape index (κ2) is 4.22. The number of aliphatic carboxylic acids is 1. The summed E-state index contributed by atoms with van der Waals surface area (Å²) < 4.78 is 22.9. The molecule has 1 saturated heterocycles. The molecule has 0 saturated carbocycles. The van der Waals surface area contributed by atoms with Gasteiger partial charge in [0.15, 0.2) is 0 Å². The van der Waals surface area contributed by atoms with Crippen molar-refractivity contribution in [3.05, 3.63) is 0 Å². The fourth-order valence-electron chi connectivity index (χ4n) is 1.33. The molecule has 0 aliphatic carbocycles. The van der Waals surface area contributed by atoms with Gasteiger partial charge in [-0.1, -0.05) is 0 Å². The largest absolute Gasteiger partial charge is 0.480 e. The number of nitrogens with zero attached hydrogens (tertiary/aromatic N) is 2. The van der Waals surface area contributed by atoms with Gasteiger partial charge in [0.25, 0.3) is 10.2 Å². The van der Waals surface area contributed by atoms with Crippen molar-refractivity contribution >= 4 is 16.2 Å². The number of rotatable bonds is 3. The van der Waals surface area contributed by atoms with Gasteiger partial charge in [0.1, 0.15) is 0 Å². The average Bonchev–Trinajstić information content (AvgIpc) is 2.02. The molecule has 0 radical (unpaired) electrons. The number of carboxylic acid groups (broad SMARTS) is 1. The Morgan fingerprint density at radius 2 is 1.79 bits per heavy atom. The van der Waals surface area contributed by atoms with Crippen molar-refractivity contribution in [3.63, 3.8) is 0 Å². The lowest BCUT2D eigenvalue weighted by molar-refractivity contribution is -0.138.